The molecule has 3 aromatic carbocycles. The predicted molar refractivity (Wildman–Crippen MR) is 135 cm³/mol. The molecule has 0 saturated heterocycles. The molecule has 0 atom stereocenters. The molecule has 0 N–H and O–H groups in total. The van der Waals surface area contributed by atoms with Crippen molar-refractivity contribution in [2.24, 2.45) is 4.99 Å². The molecule has 0 aromatic heterocycles. The minimum absolute atomic E-state index is 0.110. The van der Waals surface area contributed by atoms with E-state index in [2.05, 4.69) is 36.9 Å². The highest BCUT2D eigenvalue weighted by atomic mass is 79.9. The Labute approximate surface area is 216 Å². The lowest BCUT2D eigenvalue weighted by Crippen LogP contribution is -2.09. The van der Waals surface area contributed by atoms with Crippen LogP contribution in [-0.4, -0.2) is 17.8 Å². The second kappa shape index (κ2) is 9.81. The molecule has 3 aromatic rings. The summed E-state index contributed by atoms with van der Waals surface area (Å²) >= 11 is 18.8. The Bertz CT molecular complexity index is 1330. The van der Waals surface area contributed by atoms with Gasteiger partial charge in [0.15, 0.2) is 11.4 Å². The molecule has 1 aliphatic rings. The summed E-state index contributed by atoms with van der Waals surface area (Å²) in [5, 5.41) is 0.716. The van der Waals surface area contributed by atoms with E-state index in [0.29, 0.717) is 41.4 Å². The minimum atomic E-state index is -0.599. The summed E-state index contributed by atoms with van der Waals surface area (Å²) in [5.41, 5.74) is 2.75. The van der Waals surface area contributed by atoms with Crippen LogP contribution < -0.4 is 4.74 Å². The van der Waals surface area contributed by atoms with Crippen molar-refractivity contribution in [3.8, 4) is 5.75 Å². The number of carbonyl (C=O) groups excluding carboxylic acids is 2. The van der Waals surface area contributed by atoms with Gasteiger partial charge in [0, 0.05) is 5.56 Å². The number of halogens is 4. The predicted octanol–water partition coefficient (Wildman–Crippen LogP) is 7.39. The van der Waals surface area contributed by atoms with Gasteiger partial charge >= 0.3 is 11.9 Å². The van der Waals surface area contributed by atoms with Crippen molar-refractivity contribution in [1.29, 1.82) is 0 Å². The maximum absolute atomic E-state index is 12.5. The summed E-state index contributed by atoms with van der Waals surface area (Å²) in [6.07, 6.45) is 1.56. The number of hydrogen-bond acceptors (Lipinski definition) is 5. The topological polar surface area (TPSA) is 65.0 Å². The first kappa shape index (κ1) is 23.7. The van der Waals surface area contributed by atoms with Crippen LogP contribution in [0.15, 0.2) is 74.2 Å². The van der Waals surface area contributed by atoms with Crippen molar-refractivity contribution in [2.75, 3.05) is 0 Å². The van der Waals surface area contributed by atoms with Gasteiger partial charge in [0.1, 0.15) is 0 Å². The Morgan fingerprint density at radius 1 is 1.00 bits per heavy atom. The number of benzene rings is 3. The SMILES string of the molecule is Cc1ccc(C(=O)Oc2c(Br)cc(/C=C3\N=C(c4ccc(Cl)c(Cl)c4)OC3=O)cc2Br)cc1. The summed E-state index contributed by atoms with van der Waals surface area (Å²) in [6.45, 7) is 1.94. The van der Waals surface area contributed by atoms with Gasteiger partial charge in [-0.25, -0.2) is 14.6 Å². The lowest BCUT2D eigenvalue weighted by Gasteiger charge is -2.10. The first-order chi connectivity index (χ1) is 15.7. The van der Waals surface area contributed by atoms with E-state index >= 15 is 0 Å². The number of aryl methyl sites for hydroxylation is 1. The molecular weight excluding hydrogens is 597 g/mol. The van der Waals surface area contributed by atoms with Crippen LogP contribution in [0, 0.1) is 6.92 Å². The van der Waals surface area contributed by atoms with Crippen molar-refractivity contribution in [2.45, 2.75) is 6.92 Å². The number of carbonyl (C=O) groups is 2. The second-order valence-electron chi connectivity index (χ2n) is 7.03. The van der Waals surface area contributed by atoms with Gasteiger partial charge < -0.3 is 9.47 Å². The molecule has 0 spiro atoms. The second-order valence-corrected chi connectivity index (χ2v) is 9.56. The highest BCUT2D eigenvalue weighted by Gasteiger charge is 2.25. The molecule has 9 heteroatoms. The molecule has 1 aliphatic heterocycles. The van der Waals surface area contributed by atoms with Crippen LogP contribution in [0.4, 0.5) is 0 Å². The van der Waals surface area contributed by atoms with Crippen LogP contribution in [0.2, 0.25) is 10.0 Å². The molecule has 0 saturated carbocycles. The van der Waals surface area contributed by atoms with Crippen LogP contribution in [0.3, 0.4) is 0 Å². The van der Waals surface area contributed by atoms with Crippen molar-refractivity contribution >= 4 is 79.0 Å². The van der Waals surface area contributed by atoms with Gasteiger partial charge in [0.25, 0.3) is 0 Å². The zero-order valence-electron chi connectivity index (χ0n) is 16.9. The average molecular weight is 610 g/mol. The molecule has 0 unspecified atom stereocenters. The van der Waals surface area contributed by atoms with Gasteiger partial charge in [0.05, 0.1) is 24.6 Å². The Morgan fingerprint density at radius 3 is 2.30 bits per heavy atom. The average Bonchev–Trinajstić information content (AvgIpc) is 3.13. The molecule has 0 fully saturated rings. The number of aliphatic imine (C=N–C) groups is 1. The van der Waals surface area contributed by atoms with Gasteiger partial charge in [-0.05, 0) is 92.9 Å². The van der Waals surface area contributed by atoms with Crippen molar-refractivity contribution in [3.05, 3.63) is 102 Å². The molecule has 33 heavy (non-hydrogen) atoms. The summed E-state index contributed by atoms with van der Waals surface area (Å²) in [6, 6.07) is 15.3. The fourth-order valence-electron chi connectivity index (χ4n) is 2.92. The molecule has 0 aliphatic carbocycles. The number of hydrogen-bond donors (Lipinski definition) is 0. The summed E-state index contributed by atoms with van der Waals surface area (Å²) in [4.78, 5) is 29.1. The summed E-state index contributed by atoms with van der Waals surface area (Å²) in [7, 11) is 0. The van der Waals surface area contributed by atoms with Crippen molar-refractivity contribution in [3.63, 3.8) is 0 Å². The van der Waals surface area contributed by atoms with Crippen LogP contribution in [-0.2, 0) is 9.53 Å². The van der Waals surface area contributed by atoms with Gasteiger partial charge in [-0.1, -0.05) is 40.9 Å². The van der Waals surface area contributed by atoms with E-state index in [1.165, 1.54) is 0 Å². The normalized spacial score (nSPS) is 14.3. The van der Waals surface area contributed by atoms with Crippen LogP contribution in [0.1, 0.15) is 27.0 Å². The highest BCUT2D eigenvalue weighted by Crippen LogP contribution is 2.36. The fraction of sp³-hybridized carbons (Fsp3) is 0.0417. The monoisotopic (exact) mass is 607 g/mol. The molecule has 0 bridgehead atoms. The van der Waals surface area contributed by atoms with E-state index in [0.717, 1.165) is 5.56 Å². The Hall–Kier alpha value is -2.45. The van der Waals surface area contributed by atoms with E-state index in [1.54, 1.807) is 48.5 Å². The zero-order chi connectivity index (χ0) is 23.7. The van der Waals surface area contributed by atoms with Crippen LogP contribution in [0.25, 0.3) is 6.08 Å². The number of nitrogens with zero attached hydrogens (tertiary/aromatic N) is 1. The smallest absolute Gasteiger partial charge is 0.363 e. The van der Waals surface area contributed by atoms with Crippen molar-refractivity contribution in [1.82, 2.24) is 0 Å². The van der Waals surface area contributed by atoms with Gasteiger partial charge in [-0.2, -0.15) is 0 Å². The molecule has 5 nitrogen and oxygen atoms in total. The molecule has 4 rings (SSSR count). The number of ether oxygens (including phenoxy) is 2. The molecule has 0 amide bonds. The molecular formula is C24H13Br2Cl2NO4. The van der Waals surface area contributed by atoms with Gasteiger partial charge in [-0.3, -0.25) is 0 Å². The van der Waals surface area contributed by atoms with Gasteiger partial charge in [-0.15, -0.1) is 0 Å². The maximum Gasteiger partial charge on any atom is 0.363 e. The Kier molecular flexibility index (Phi) is 7.05. The third-order valence-electron chi connectivity index (χ3n) is 4.59. The standard InChI is InChI=1S/C24H13Br2Cl2NO4/c1-12-2-4-14(5-3-12)23(30)32-21-16(25)8-13(9-17(21)26)10-20-24(31)33-22(29-20)15-6-7-18(27)19(28)11-15/h2-11H,1H3/b20-10-. The number of esters is 2. The first-order valence-corrected chi connectivity index (χ1v) is 11.8. The Balaban J connectivity index is 1.59. The van der Waals surface area contributed by atoms with E-state index < -0.39 is 11.9 Å². The molecule has 166 valence electrons. The first-order valence-electron chi connectivity index (χ1n) is 9.47. The zero-order valence-corrected chi connectivity index (χ0v) is 21.5. The third kappa shape index (κ3) is 5.38. The van der Waals surface area contributed by atoms with Crippen LogP contribution >= 0.6 is 55.1 Å². The van der Waals surface area contributed by atoms with Crippen molar-refractivity contribution < 1.29 is 19.1 Å². The number of cyclic esters (lactones) is 1. The fourth-order valence-corrected chi connectivity index (χ4v) is 4.60. The minimum Gasteiger partial charge on any atom is -0.421 e. The largest absolute Gasteiger partial charge is 0.421 e. The van der Waals surface area contributed by atoms with Crippen LogP contribution in [0.5, 0.6) is 5.75 Å². The molecule has 0 radical (unpaired) electrons. The van der Waals surface area contributed by atoms with E-state index in [-0.39, 0.29) is 11.6 Å². The van der Waals surface area contributed by atoms with E-state index in [9.17, 15) is 9.59 Å². The van der Waals surface area contributed by atoms with Gasteiger partial charge in [0.2, 0.25) is 5.90 Å². The quantitative estimate of drug-likeness (QED) is 0.176. The summed E-state index contributed by atoms with van der Waals surface area (Å²) < 4.78 is 11.9. The highest BCUT2D eigenvalue weighted by molar-refractivity contribution is 9.11. The Morgan fingerprint density at radius 2 is 1.67 bits per heavy atom. The lowest BCUT2D eigenvalue weighted by atomic mass is 10.1. The van der Waals surface area contributed by atoms with E-state index in [1.807, 2.05) is 19.1 Å². The lowest BCUT2D eigenvalue weighted by molar-refractivity contribution is -0.129. The third-order valence-corrected chi connectivity index (χ3v) is 6.51. The molecule has 1 heterocycles. The number of rotatable bonds is 4. The summed E-state index contributed by atoms with van der Waals surface area (Å²) in [5.74, 6) is -0.640. The maximum atomic E-state index is 12.5. The van der Waals surface area contributed by atoms with E-state index in [4.69, 9.17) is 32.7 Å².